The SMILES string of the molecule is CNC1=C(/C=C/COc2cc3c(cc2Nc2ncc(Br)c(Nc4ccc5nccnc5c4P(C)(C)=O)n2)-c2cnn(C)c2CN(C)C3)c2cc(N)c(OC)cc2CN(C)C1. The Bertz CT molecular complexity index is 2750. The fraction of sp³-hybridized carbons (Fsp3) is 0.279. The Morgan fingerprint density at radius 2 is 1.63 bits per heavy atom. The largest absolute Gasteiger partial charge is 0.495 e. The molecule has 2 aliphatic heterocycles. The van der Waals surface area contributed by atoms with E-state index in [-0.39, 0.29) is 6.61 Å². The lowest BCUT2D eigenvalue weighted by Gasteiger charge is -2.19. The fourth-order valence-corrected chi connectivity index (χ4v) is 9.58. The molecule has 5 N–H and O–H groups in total. The first-order chi connectivity index (χ1) is 28.8. The van der Waals surface area contributed by atoms with Crippen molar-refractivity contribution in [1.29, 1.82) is 0 Å². The molecule has 17 heteroatoms. The smallest absolute Gasteiger partial charge is 0.229 e. The van der Waals surface area contributed by atoms with Gasteiger partial charge in [0.2, 0.25) is 5.95 Å². The van der Waals surface area contributed by atoms with Crippen molar-refractivity contribution in [1.82, 2.24) is 44.8 Å². The number of ether oxygens (including phenoxy) is 2. The van der Waals surface area contributed by atoms with E-state index in [1.165, 1.54) is 0 Å². The van der Waals surface area contributed by atoms with Crippen LogP contribution in [0.15, 0.2) is 83.5 Å². The molecule has 0 saturated carbocycles. The van der Waals surface area contributed by atoms with Gasteiger partial charge in [0.15, 0.2) is 0 Å². The van der Waals surface area contributed by atoms with Crippen LogP contribution in [-0.4, -0.2) is 94.3 Å². The number of anilines is 5. The standard InChI is InChI=1S/C43H48BrN12O3P/c1-46-36-23-54(2)21-25-15-38(58-5)32(45)17-28(25)27(36)9-8-14-59-39-16-26-22-55(3)24-37-30(19-50-56(37)4)29(26)18-35(39)52-43-49-20-31(44)42(53-43)51-34-11-10-33-40(48-13-12-47-33)41(34)60(6,7)57/h8-13,15-20,46H,14,21-24,45H2,1-7H3,(H2,49,51,52,53)/b9-8+. The molecule has 0 fully saturated rings. The number of nitrogens with one attached hydrogen (secondary N) is 3. The number of methoxy groups -OCH3 is 1. The van der Waals surface area contributed by atoms with Crippen LogP contribution in [0.2, 0.25) is 0 Å². The third kappa shape index (κ3) is 8.20. The van der Waals surface area contributed by atoms with Gasteiger partial charge in [0.1, 0.15) is 36.6 Å². The van der Waals surface area contributed by atoms with Gasteiger partial charge in [-0.15, -0.1) is 0 Å². The van der Waals surface area contributed by atoms with Crippen LogP contribution >= 0.6 is 23.1 Å². The molecule has 3 aromatic heterocycles. The number of rotatable bonds is 11. The monoisotopic (exact) mass is 890 g/mol. The van der Waals surface area contributed by atoms with Gasteiger partial charge in [-0.05, 0) is 108 Å². The Morgan fingerprint density at radius 3 is 2.40 bits per heavy atom. The van der Waals surface area contributed by atoms with E-state index in [4.69, 9.17) is 20.2 Å². The molecule has 0 saturated heterocycles. The van der Waals surface area contributed by atoms with Crippen LogP contribution in [0.25, 0.3) is 27.7 Å². The Balaban J connectivity index is 1.15. The maximum absolute atomic E-state index is 13.7. The predicted octanol–water partition coefficient (Wildman–Crippen LogP) is 6.87. The Labute approximate surface area is 357 Å². The van der Waals surface area contributed by atoms with E-state index in [1.54, 1.807) is 39.0 Å². The zero-order chi connectivity index (χ0) is 42.3. The van der Waals surface area contributed by atoms with Gasteiger partial charge in [-0.3, -0.25) is 24.4 Å². The summed E-state index contributed by atoms with van der Waals surface area (Å²) in [6.45, 7) is 6.65. The highest BCUT2D eigenvalue weighted by atomic mass is 79.9. The quantitative estimate of drug-likeness (QED) is 0.0785. The van der Waals surface area contributed by atoms with Crippen LogP contribution in [0.5, 0.6) is 11.5 Å². The molecule has 0 spiro atoms. The minimum atomic E-state index is -2.82. The van der Waals surface area contributed by atoms with Gasteiger partial charge in [-0.25, -0.2) is 4.98 Å². The summed E-state index contributed by atoms with van der Waals surface area (Å²) in [5.41, 5.74) is 18.2. The number of hydrogen-bond acceptors (Lipinski definition) is 14. The molecule has 60 heavy (non-hydrogen) atoms. The molecule has 3 aromatic carbocycles. The highest BCUT2D eigenvalue weighted by Crippen LogP contribution is 2.43. The van der Waals surface area contributed by atoms with E-state index in [1.807, 2.05) is 55.3 Å². The number of benzene rings is 3. The lowest BCUT2D eigenvalue weighted by Crippen LogP contribution is -2.24. The Morgan fingerprint density at radius 1 is 0.883 bits per heavy atom. The predicted molar refractivity (Wildman–Crippen MR) is 243 cm³/mol. The summed E-state index contributed by atoms with van der Waals surface area (Å²) < 4.78 is 28.4. The summed E-state index contributed by atoms with van der Waals surface area (Å²) in [5.74, 6) is 2.09. The third-order valence-corrected chi connectivity index (χ3v) is 12.8. The first-order valence-corrected chi connectivity index (χ1v) is 22.8. The summed E-state index contributed by atoms with van der Waals surface area (Å²) in [4.78, 5) is 23.0. The van der Waals surface area contributed by atoms with Gasteiger partial charge in [0, 0.05) is 75.7 Å². The molecule has 0 bridgehead atoms. The van der Waals surface area contributed by atoms with E-state index in [9.17, 15) is 4.57 Å². The number of halogens is 1. The zero-order valence-electron chi connectivity index (χ0n) is 34.7. The topological polar surface area (TPSA) is 174 Å². The number of likely N-dealkylation sites (N-methyl/N-ethyl adjacent to an activating group) is 2. The molecule has 0 unspecified atom stereocenters. The van der Waals surface area contributed by atoms with Crippen molar-refractivity contribution in [3.8, 4) is 22.6 Å². The molecular weight excluding hydrogens is 843 g/mol. The maximum Gasteiger partial charge on any atom is 0.229 e. The highest BCUT2D eigenvalue weighted by molar-refractivity contribution is 9.10. The van der Waals surface area contributed by atoms with E-state index in [0.717, 1.165) is 64.4 Å². The maximum atomic E-state index is 13.7. The van der Waals surface area contributed by atoms with Crippen molar-refractivity contribution in [2.45, 2.75) is 19.6 Å². The third-order valence-electron chi connectivity index (χ3n) is 10.7. The molecule has 0 aliphatic carbocycles. The van der Waals surface area contributed by atoms with Crippen LogP contribution in [0, 0.1) is 0 Å². The van der Waals surface area contributed by atoms with E-state index in [2.05, 4.69) is 94.0 Å². The van der Waals surface area contributed by atoms with Gasteiger partial charge in [0.25, 0.3) is 0 Å². The van der Waals surface area contributed by atoms with Crippen LogP contribution in [-0.2, 0) is 31.2 Å². The van der Waals surface area contributed by atoms with E-state index < -0.39 is 7.14 Å². The van der Waals surface area contributed by atoms with Crippen molar-refractivity contribution in [3.63, 3.8) is 0 Å². The molecule has 0 amide bonds. The van der Waals surface area contributed by atoms with Gasteiger partial charge in [0.05, 0.1) is 51.4 Å². The van der Waals surface area contributed by atoms with Crippen molar-refractivity contribution < 1.29 is 14.0 Å². The number of allylic oxidation sites excluding steroid dienone is 2. The fourth-order valence-electron chi connectivity index (χ4n) is 7.90. The molecule has 0 radical (unpaired) electrons. The second kappa shape index (κ2) is 16.7. The number of aryl methyl sites for hydroxylation is 1. The van der Waals surface area contributed by atoms with Crippen molar-refractivity contribution in [3.05, 3.63) is 106 Å². The second-order valence-corrected chi connectivity index (χ2v) is 19.5. The minimum Gasteiger partial charge on any atom is -0.495 e. The average molecular weight is 892 g/mol. The number of nitrogen functional groups attached to an aromatic ring is 1. The molecule has 0 atom stereocenters. The van der Waals surface area contributed by atoms with Gasteiger partial charge >= 0.3 is 0 Å². The molecule has 2 aliphatic rings. The molecule has 310 valence electrons. The Hall–Kier alpha value is -5.80. The van der Waals surface area contributed by atoms with Crippen LogP contribution < -0.4 is 36.5 Å². The first-order valence-electron chi connectivity index (χ1n) is 19.4. The molecular formula is C43H48BrN12O3P. The second-order valence-electron chi connectivity index (χ2n) is 15.5. The molecule has 5 heterocycles. The molecule has 15 nitrogen and oxygen atoms in total. The van der Waals surface area contributed by atoms with Crippen LogP contribution in [0.4, 0.5) is 28.8 Å². The van der Waals surface area contributed by atoms with Crippen LogP contribution in [0.3, 0.4) is 0 Å². The normalized spacial score (nSPS) is 14.7. The zero-order valence-corrected chi connectivity index (χ0v) is 37.1. The molecule has 8 rings (SSSR count). The summed E-state index contributed by atoms with van der Waals surface area (Å²) in [5, 5.41) is 15.5. The lowest BCUT2D eigenvalue weighted by molar-refractivity contribution is 0.312. The van der Waals surface area contributed by atoms with Gasteiger partial charge < -0.3 is 35.7 Å². The summed E-state index contributed by atoms with van der Waals surface area (Å²) in [6, 6.07) is 11.9. The number of fused-ring (bicyclic) bond motifs is 5. The number of nitrogens with two attached hydrogens (primary N) is 1. The highest BCUT2D eigenvalue weighted by Gasteiger charge is 2.26. The van der Waals surface area contributed by atoms with Crippen molar-refractivity contribution >= 4 is 73.8 Å². The number of nitrogens with zero attached hydrogens (tertiary/aromatic N) is 8. The minimum absolute atomic E-state index is 0.272. The van der Waals surface area contributed by atoms with E-state index in [0.29, 0.717) is 67.7 Å². The van der Waals surface area contributed by atoms with Crippen LogP contribution in [0.1, 0.15) is 22.4 Å². The van der Waals surface area contributed by atoms with E-state index >= 15 is 0 Å². The summed E-state index contributed by atoms with van der Waals surface area (Å²) in [7, 11) is 6.93. The first kappa shape index (κ1) is 41.0. The lowest BCUT2D eigenvalue weighted by atomic mass is 9.97. The molecule has 6 aromatic rings. The number of aromatic nitrogens is 6. The van der Waals surface area contributed by atoms with Gasteiger partial charge in [-0.1, -0.05) is 6.08 Å². The van der Waals surface area contributed by atoms with Gasteiger partial charge in [-0.2, -0.15) is 10.1 Å². The number of hydrogen-bond donors (Lipinski definition) is 4. The Kier molecular flexibility index (Phi) is 11.4. The average Bonchev–Trinajstić information content (AvgIpc) is 3.42. The van der Waals surface area contributed by atoms with Crippen molar-refractivity contribution in [2.75, 3.05) is 71.1 Å². The van der Waals surface area contributed by atoms with Crippen molar-refractivity contribution in [2.24, 2.45) is 7.05 Å². The summed E-state index contributed by atoms with van der Waals surface area (Å²) >= 11 is 3.63. The summed E-state index contributed by atoms with van der Waals surface area (Å²) in [6.07, 6.45) is 10.9.